The van der Waals surface area contributed by atoms with Crippen LogP contribution in [0.25, 0.3) is 0 Å². The summed E-state index contributed by atoms with van der Waals surface area (Å²) in [6.45, 7) is 0. The van der Waals surface area contributed by atoms with Gasteiger partial charge in [0.25, 0.3) is 0 Å². The van der Waals surface area contributed by atoms with E-state index in [0.29, 0.717) is 0 Å². The molecule has 0 heterocycles. The maximum atomic E-state index is 4.58. The van der Waals surface area contributed by atoms with Crippen LogP contribution in [0.2, 0.25) is 0 Å². The topological polar surface area (TPSA) is 77.6 Å². The Balaban J connectivity index is 0. The van der Waals surface area contributed by atoms with Gasteiger partial charge in [0.2, 0.25) is 0 Å². The van der Waals surface area contributed by atoms with E-state index >= 15 is 0 Å². The first-order valence-electron chi connectivity index (χ1n) is 1.24. The van der Waals surface area contributed by atoms with Crippen molar-refractivity contribution < 1.29 is 5.41 Å². The Morgan fingerprint density at radius 2 is 1.43 bits per heavy atom. The summed E-state index contributed by atoms with van der Waals surface area (Å²) >= 11 is 4.96. The molecule has 0 aliphatic rings. The van der Waals surface area contributed by atoms with E-state index in [9.17, 15) is 0 Å². The van der Waals surface area contributed by atoms with Gasteiger partial charge < -0.3 is 0 Å². The Bertz CT molecular complexity index is 44.2. The molecule has 0 fully saturated rings. The second kappa shape index (κ2) is 10.6. The molecule has 42 valence electrons. The van der Waals surface area contributed by atoms with Gasteiger partial charge >= 0.3 is 57.1 Å². The first-order valence-corrected chi connectivity index (χ1v) is 23.1. The van der Waals surface area contributed by atoms with Gasteiger partial charge in [-0.3, -0.25) is 16.9 Å². The summed E-state index contributed by atoms with van der Waals surface area (Å²) in [5, 5.41) is 4.58. The number of nitrogens with two attached hydrogens (primary N) is 3. The molecule has 0 aliphatic heterocycles. The average molecular weight is 521 g/mol. The van der Waals surface area contributed by atoms with Crippen LogP contribution < -0.4 is 16.9 Å². The molecule has 0 saturated heterocycles. The number of guanidine groups is 1. The third-order valence-corrected chi connectivity index (χ3v) is 0. The van der Waals surface area contributed by atoms with Gasteiger partial charge in [-0.1, -0.05) is 0 Å². The molecule has 0 amide bonds. The van der Waals surface area contributed by atoms with Gasteiger partial charge in [-0.25, -0.2) is 0 Å². The monoisotopic (exact) mass is 522 g/mol. The van der Waals surface area contributed by atoms with Crippen molar-refractivity contribution in [2.24, 2.45) is 11.5 Å². The van der Waals surface area contributed by atoms with Gasteiger partial charge in [-0.15, -0.1) is 0 Å². The van der Waals surface area contributed by atoms with Crippen LogP contribution in [0.15, 0.2) is 0 Å². The van der Waals surface area contributed by atoms with Crippen molar-refractivity contribution in [3.8, 4) is 0 Å². The maximum absolute atomic E-state index is 4.58. The number of hydrogen-bond donors (Lipinski definition) is 3. The molecule has 0 aromatic carbocycles. The van der Waals surface area contributed by atoms with Crippen LogP contribution >= 0.6 is 35.5 Å². The Kier molecular flexibility index (Phi) is 17.3. The van der Waals surface area contributed by atoms with Crippen LogP contribution in [-0.2, 0) is 0 Å². The minimum absolute atomic E-state index is 0.0233. The zero-order chi connectivity index (χ0) is 6.28. The Labute approximate surface area is 72.6 Å². The molecule has 0 rings (SSSR count). The van der Waals surface area contributed by atoms with E-state index in [4.69, 9.17) is 0 Å². The molecule has 0 aliphatic carbocycles. The van der Waals surface area contributed by atoms with Crippen molar-refractivity contribution >= 4 is 57.1 Å². The zero-order valence-corrected chi connectivity index (χ0v) is 11.7. The third-order valence-electron chi connectivity index (χ3n) is 0. The summed E-state index contributed by atoms with van der Waals surface area (Å²) in [6.07, 6.45) is 0. The Morgan fingerprint density at radius 3 is 1.43 bits per heavy atom. The van der Waals surface area contributed by atoms with Crippen LogP contribution in [0.4, 0.5) is 0 Å². The normalized spacial score (nSPS) is 6.00. The van der Waals surface area contributed by atoms with Gasteiger partial charge in [-0.2, -0.15) is 0 Å². The number of hydrogen-bond acceptors (Lipinski definition) is 0. The van der Waals surface area contributed by atoms with Crippen LogP contribution in [0.5, 0.6) is 0 Å². The van der Waals surface area contributed by atoms with Gasteiger partial charge in [-0.05, 0) is 0 Å². The molecular weight excluding hydrogens is 515 g/mol. The molecule has 0 saturated carbocycles. The van der Waals surface area contributed by atoms with Crippen molar-refractivity contribution in [3.63, 3.8) is 0 Å². The number of halogens is 2. The molecule has 0 unspecified atom stereocenters. The summed E-state index contributed by atoms with van der Waals surface area (Å²) < 4.78 is 0. The molecule has 6 N–H and O–H groups in total. The standard InChI is InChI=1S/CH5N3.2HI.Pb/c2-1(3)4;;;/h(H5,2,3,4);2*1H;/q;;;+2/p-1. The molecule has 3 nitrogen and oxygen atoms in total. The fourth-order valence-corrected chi connectivity index (χ4v) is 0. The minimum atomic E-state index is -0.0833. The first kappa shape index (κ1) is 11.4. The molecule has 2 radical (unpaired) electrons. The quantitative estimate of drug-likeness (QED) is 0.156. The van der Waals surface area contributed by atoms with E-state index in [-0.39, 0.29) is 21.6 Å². The number of rotatable bonds is 0. The van der Waals surface area contributed by atoms with Gasteiger partial charge in [0.1, 0.15) is 0 Å². The van der Waals surface area contributed by atoms with E-state index in [0.717, 1.165) is 0 Å². The van der Waals surface area contributed by atoms with E-state index < -0.39 is 0 Å². The first-order chi connectivity index (χ1) is 3.15. The summed E-state index contributed by atoms with van der Waals surface area (Å²) in [6, 6.07) is 0. The molecular formula is CH6I2N3Pb+. The predicted molar refractivity (Wildman–Crippen MR) is 49.1 cm³/mol. The molecule has 7 heavy (non-hydrogen) atoms. The summed E-state index contributed by atoms with van der Waals surface area (Å²) in [4.78, 5) is 0. The van der Waals surface area contributed by atoms with Crippen LogP contribution in [0, 0.1) is 0 Å². The Morgan fingerprint density at radius 1 is 1.43 bits per heavy atom. The van der Waals surface area contributed by atoms with Crippen molar-refractivity contribution in [1.29, 1.82) is 0 Å². The molecule has 0 atom stereocenters. The summed E-state index contributed by atoms with van der Waals surface area (Å²) in [7, 11) is 0. The third kappa shape index (κ3) is 89.6. The Hall–Kier alpha value is 1.65. The SMILES string of the molecule is NC(N)=[NH2+].[I][Pb][I]. The second-order valence-corrected chi connectivity index (χ2v) is 28.7. The van der Waals surface area contributed by atoms with Crippen molar-refractivity contribution in [1.82, 2.24) is 0 Å². The molecule has 0 aromatic rings. The van der Waals surface area contributed by atoms with E-state index in [1.807, 2.05) is 0 Å². The van der Waals surface area contributed by atoms with E-state index in [1.54, 1.807) is 0 Å². The summed E-state index contributed by atoms with van der Waals surface area (Å²) in [5.74, 6) is -0.0833. The van der Waals surface area contributed by atoms with Crippen LogP contribution in [0.3, 0.4) is 0 Å². The van der Waals surface area contributed by atoms with E-state index in [2.05, 4.69) is 52.4 Å². The molecule has 6 heteroatoms. The second-order valence-electron chi connectivity index (χ2n) is 0.571. The zero-order valence-electron chi connectivity index (χ0n) is 3.49. The van der Waals surface area contributed by atoms with Crippen molar-refractivity contribution in [2.75, 3.05) is 0 Å². The fourth-order valence-electron chi connectivity index (χ4n) is 0. The fraction of sp³-hybridized carbons (Fsp3) is 0. The van der Waals surface area contributed by atoms with Crippen LogP contribution in [0.1, 0.15) is 0 Å². The average Bonchev–Trinajstić information content (AvgIpc) is 1.33. The van der Waals surface area contributed by atoms with Crippen molar-refractivity contribution in [2.45, 2.75) is 0 Å². The van der Waals surface area contributed by atoms with E-state index in [1.165, 1.54) is 0 Å². The predicted octanol–water partition coefficient (Wildman–Crippen LogP) is -1.59. The van der Waals surface area contributed by atoms with Gasteiger partial charge in [0.05, 0.1) is 0 Å². The molecule has 0 spiro atoms. The van der Waals surface area contributed by atoms with Gasteiger partial charge in [0.15, 0.2) is 0 Å². The summed E-state index contributed by atoms with van der Waals surface area (Å²) in [5.41, 5.74) is 9.17. The molecule has 0 aromatic heterocycles. The van der Waals surface area contributed by atoms with Crippen LogP contribution in [-0.4, -0.2) is 21.6 Å². The van der Waals surface area contributed by atoms with Gasteiger partial charge in [0, 0.05) is 0 Å². The molecule has 0 bridgehead atoms. The van der Waals surface area contributed by atoms with Crippen molar-refractivity contribution in [3.05, 3.63) is 0 Å².